The van der Waals surface area contributed by atoms with Crippen LogP contribution in [-0.2, 0) is 43.0 Å². The number of amides is 2. The first kappa shape index (κ1) is 29.1. The molecule has 4 heterocycles. The molecule has 3 aliphatic heterocycles. The van der Waals surface area contributed by atoms with Crippen LogP contribution in [0.25, 0.3) is 0 Å². The average Bonchev–Trinajstić information content (AvgIpc) is 3.51. The third kappa shape index (κ3) is 6.12. The number of nitrogen functional groups attached to an aromatic ring is 1. The van der Waals surface area contributed by atoms with Crippen molar-refractivity contribution >= 4 is 63.7 Å². The molecule has 2 amide bonds. The van der Waals surface area contributed by atoms with Crippen LogP contribution in [0, 0.1) is 5.41 Å². The van der Waals surface area contributed by atoms with Crippen LogP contribution in [0.1, 0.15) is 32.9 Å². The van der Waals surface area contributed by atoms with Gasteiger partial charge in [0.15, 0.2) is 10.8 Å². The Balaban J connectivity index is 1.52. The maximum Gasteiger partial charge on any atom is 0.357 e. The van der Waals surface area contributed by atoms with Crippen molar-refractivity contribution in [1.82, 2.24) is 15.2 Å². The van der Waals surface area contributed by atoms with Gasteiger partial charge >= 0.3 is 17.9 Å². The number of esters is 3. The summed E-state index contributed by atoms with van der Waals surface area (Å²) in [6.07, 6.45) is 2.36. The minimum Gasteiger partial charge on any atom is -0.455 e. The summed E-state index contributed by atoms with van der Waals surface area (Å²) in [5.41, 5.74) is 5.30. The predicted molar refractivity (Wildman–Crippen MR) is 142 cm³/mol. The van der Waals surface area contributed by atoms with Crippen molar-refractivity contribution in [3.8, 4) is 0 Å². The zero-order chi connectivity index (χ0) is 29.2. The van der Waals surface area contributed by atoms with Gasteiger partial charge in [-0.2, -0.15) is 0 Å². The lowest BCUT2D eigenvalue weighted by Gasteiger charge is -2.49. The second-order valence-electron chi connectivity index (χ2n) is 9.78. The standard InChI is InChI=1S/C24H27N5O9S2/c1-24(2,3)22(34)37-10-36-21(33)17-11(7-12-5-6-14(30)38-12)8-39-20-16(19(32)29(17)20)27-18(31)15(28-35-4)13-9-40-23(25)26-13/h5-6,9,12,16,20H,7-8,10H2,1-4H3,(H2,25,26)(H,27,31)/b28-15-/t12?,16-,20+/m1/s1. The molecule has 0 aromatic carbocycles. The summed E-state index contributed by atoms with van der Waals surface area (Å²) in [5, 5.41) is 7.44. The lowest BCUT2D eigenvalue weighted by atomic mass is 9.98. The second kappa shape index (κ2) is 11.7. The number of thiazole rings is 1. The first-order valence-electron chi connectivity index (χ1n) is 11.9. The molecule has 16 heteroatoms. The maximum atomic E-state index is 13.3. The number of thioether (sulfide) groups is 1. The van der Waals surface area contributed by atoms with Gasteiger partial charge in [-0.15, -0.1) is 23.1 Å². The van der Waals surface area contributed by atoms with E-state index in [9.17, 15) is 24.0 Å². The smallest absolute Gasteiger partial charge is 0.357 e. The van der Waals surface area contributed by atoms with E-state index >= 15 is 0 Å². The monoisotopic (exact) mass is 593 g/mol. The molecule has 3 atom stereocenters. The molecule has 4 rings (SSSR count). The molecule has 3 aliphatic rings. The number of rotatable bonds is 9. The molecule has 1 unspecified atom stereocenters. The van der Waals surface area contributed by atoms with Gasteiger partial charge in [0.2, 0.25) is 6.79 Å². The molecule has 40 heavy (non-hydrogen) atoms. The minimum absolute atomic E-state index is 0.0551. The molecule has 1 fully saturated rings. The van der Waals surface area contributed by atoms with Gasteiger partial charge in [-0.25, -0.2) is 14.6 Å². The summed E-state index contributed by atoms with van der Waals surface area (Å²) in [5.74, 6) is -3.00. The van der Waals surface area contributed by atoms with Gasteiger partial charge in [-0.3, -0.25) is 19.3 Å². The largest absolute Gasteiger partial charge is 0.455 e. The Morgan fingerprint density at radius 1 is 1.27 bits per heavy atom. The Hall–Kier alpha value is -3.92. The van der Waals surface area contributed by atoms with Gasteiger partial charge in [0.1, 0.15) is 36.0 Å². The number of nitrogens with zero attached hydrogens (tertiary/aromatic N) is 3. The van der Waals surface area contributed by atoms with Crippen LogP contribution in [0.3, 0.4) is 0 Å². The van der Waals surface area contributed by atoms with Gasteiger partial charge in [0, 0.05) is 23.6 Å². The highest BCUT2D eigenvalue weighted by Gasteiger charge is 2.55. The Morgan fingerprint density at radius 2 is 2.02 bits per heavy atom. The third-order valence-corrected chi connectivity index (χ3v) is 7.86. The number of hydrogen-bond donors (Lipinski definition) is 2. The molecule has 0 radical (unpaired) electrons. The van der Waals surface area contributed by atoms with Crippen LogP contribution < -0.4 is 11.1 Å². The Morgan fingerprint density at radius 3 is 2.62 bits per heavy atom. The second-order valence-corrected chi connectivity index (χ2v) is 11.8. The zero-order valence-electron chi connectivity index (χ0n) is 22.0. The summed E-state index contributed by atoms with van der Waals surface area (Å²) < 4.78 is 15.4. The highest BCUT2D eigenvalue weighted by Crippen LogP contribution is 2.42. The molecule has 0 aliphatic carbocycles. The topological polar surface area (TPSA) is 189 Å². The van der Waals surface area contributed by atoms with Gasteiger partial charge < -0.3 is 30.1 Å². The molecule has 214 valence electrons. The summed E-state index contributed by atoms with van der Waals surface area (Å²) in [6, 6.07) is -0.997. The summed E-state index contributed by atoms with van der Waals surface area (Å²) in [4.78, 5) is 73.1. The number of ether oxygens (including phenoxy) is 3. The number of β-lactam (4-membered cyclic amide) rings is 1. The number of nitrogens with one attached hydrogen (secondary N) is 1. The lowest BCUT2D eigenvalue weighted by Crippen LogP contribution is -2.71. The number of fused-ring (bicyclic) bond motifs is 1. The van der Waals surface area contributed by atoms with Crippen LogP contribution in [0.2, 0.25) is 0 Å². The van der Waals surface area contributed by atoms with Crippen molar-refractivity contribution in [2.24, 2.45) is 10.6 Å². The minimum atomic E-state index is -0.997. The fourth-order valence-electron chi connectivity index (χ4n) is 3.92. The van der Waals surface area contributed by atoms with E-state index in [2.05, 4.69) is 15.5 Å². The van der Waals surface area contributed by atoms with Crippen LogP contribution in [0.4, 0.5) is 5.13 Å². The van der Waals surface area contributed by atoms with E-state index in [4.69, 9.17) is 24.8 Å². The van der Waals surface area contributed by atoms with E-state index in [-0.39, 0.29) is 34.4 Å². The number of nitrogens with two attached hydrogens (primary N) is 1. The van der Waals surface area contributed by atoms with Crippen molar-refractivity contribution in [3.63, 3.8) is 0 Å². The maximum absolute atomic E-state index is 13.3. The lowest BCUT2D eigenvalue weighted by molar-refractivity contribution is -0.173. The van der Waals surface area contributed by atoms with Gasteiger partial charge in [0.25, 0.3) is 11.8 Å². The molecule has 3 N–H and O–H groups in total. The quantitative estimate of drug-likeness (QED) is 0.134. The number of cyclic esters (lactones) is 1. The van der Waals surface area contributed by atoms with E-state index in [1.54, 1.807) is 26.8 Å². The van der Waals surface area contributed by atoms with Gasteiger partial charge in [-0.05, 0) is 32.4 Å². The Bertz CT molecular complexity index is 1330. The third-order valence-electron chi connectivity index (χ3n) is 5.84. The number of hydrogen-bond acceptors (Lipinski definition) is 14. The van der Waals surface area contributed by atoms with Crippen molar-refractivity contribution < 1.29 is 43.0 Å². The van der Waals surface area contributed by atoms with E-state index in [0.717, 1.165) is 11.3 Å². The Labute approximate surface area is 236 Å². The van der Waals surface area contributed by atoms with Gasteiger partial charge in [0.05, 0.1) is 5.41 Å². The van der Waals surface area contributed by atoms with Crippen molar-refractivity contribution in [2.45, 2.75) is 44.7 Å². The highest BCUT2D eigenvalue weighted by molar-refractivity contribution is 8.00. The molecular weight excluding hydrogens is 566 g/mol. The molecule has 14 nitrogen and oxygen atoms in total. The van der Waals surface area contributed by atoms with E-state index < -0.39 is 59.4 Å². The SMILES string of the molecule is CO/N=C(\C(=O)N[C@@H]1C(=O)N2C(C(=O)OCOC(=O)C(C)(C)C)=C(CC3C=CC(=O)O3)CS[C@@H]12)c1csc(N)n1. The average molecular weight is 594 g/mol. The first-order chi connectivity index (χ1) is 18.9. The normalized spacial score (nSPS) is 22.4. The van der Waals surface area contributed by atoms with Crippen LogP contribution >= 0.6 is 23.1 Å². The Kier molecular flexibility index (Phi) is 8.48. The molecule has 1 aromatic heterocycles. The number of aromatic nitrogens is 1. The van der Waals surface area contributed by atoms with Crippen molar-refractivity contribution in [2.75, 3.05) is 25.4 Å². The highest BCUT2D eigenvalue weighted by atomic mass is 32.2. The summed E-state index contributed by atoms with van der Waals surface area (Å²) in [7, 11) is 1.26. The summed E-state index contributed by atoms with van der Waals surface area (Å²) >= 11 is 2.41. The fraction of sp³-hybridized carbons (Fsp3) is 0.458. The molecule has 0 spiro atoms. The first-order valence-corrected chi connectivity index (χ1v) is 13.9. The number of carbonyl (C=O) groups is 5. The van der Waals surface area contributed by atoms with E-state index in [1.165, 1.54) is 35.2 Å². The van der Waals surface area contributed by atoms with Crippen molar-refractivity contribution in [1.29, 1.82) is 0 Å². The summed E-state index contributed by atoms with van der Waals surface area (Å²) in [6.45, 7) is 4.29. The molecule has 0 saturated carbocycles. The van der Waals surface area contributed by atoms with Crippen LogP contribution in [0.5, 0.6) is 0 Å². The predicted octanol–water partition coefficient (Wildman–Crippen LogP) is 0.692. The van der Waals surface area contributed by atoms with Gasteiger partial charge in [-0.1, -0.05) is 5.16 Å². The van der Waals surface area contributed by atoms with Crippen LogP contribution in [-0.4, -0.2) is 82.5 Å². The number of anilines is 1. The van der Waals surface area contributed by atoms with E-state index in [1.807, 2.05) is 0 Å². The molecule has 0 bridgehead atoms. The number of carbonyl (C=O) groups excluding carboxylic acids is 5. The van der Waals surface area contributed by atoms with Crippen LogP contribution in [0.15, 0.2) is 34.0 Å². The number of oxime groups is 1. The zero-order valence-corrected chi connectivity index (χ0v) is 23.6. The fourth-order valence-corrected chi connectivity index (χ4v) is 5.83. The van der Waals surface area contributed by atoms with Crippen molar-refractivity contribution in [3.05, 3.63) is 34.5 Å². The molecule has 1 saturated heterocycles. The molecular formula is C24H27N5O9S2. The molecule has 1 aromatic rings. The van der Waals surface area contributed by atoms with E-state index in [0.29, 0.717) is 5.57 Å².